The minimum absolute atomic E-state index is 0.0446. The Morgan fingerprint density at radius 3 is 1.92 bits per heavy atom. The molecule has 1 unspecified atom stereocenters. The van der Waals surface area contributed by atoms with E-state index in [4.69, 9.17) is 4.74 Å². The number of piperazine rings is 1. The summed E-state index contributed by atoms with van der Waals surface area (Å²) in [7, 11) is 0. The lowest BCUT2D eigenvalue weighted by molar-refractivity contribution is -0.140. The molecule has 6 amide bonds. The van der Waals surface area contributed by atoms with Crippen molar-refractivity contribution in [3.8, 4) is 11.8 Å². The number of halogens is 3. The van der Waals surface area contributed by atoms with Gasteiger partial charge in [-0.15, -0.1) is 0 Å². The van der Waals surface area contributed by atoms with Gasteiger partial charge in [-0.1, -0.05) is 18.6 Å². The molecular formula is C61H84F2IN13O13S. The molecule has 6 rings (SSSR count). The third-order valence-electron chi connectivity index (χ3n) is 15.7. The van der Waals surface area contributed by atoms with E-state index in [0.29, 0.717) is 113 Å². The second-order valence-electron chi connectivity index (χ2n) is 22.8. The summed E-state index contributed by atoms with van der Waals surface area (Å²) in [6.07, 6.45) is 5.36. The number of aliphatic carboxylic acids is 3. The summed E-state index contributed by atoms with van der Waals surface area (Å²) in [6.45, 7) is 3.38. The molecule has 0 saturated carbocycles. The summed E-state index contributed by atoms with van der Waals surface area (Å²) in [5.41, 5.74) is 1.86. The number of carbonyl (C=O) groups is 9. The lowest BCUT2D eigenvalue weighted by Crippen LogP contribution is -2.53. The van der Waals surface area contributed by atoms with Gasteiger partial charge in [-0.25, -0.2) is 8.78 Å². The van der Waals surface area contributed by atoms with Gasteiger partial charge >= 0.3 is 17.9 Å². The standard InChI is InChI=1S/C61H84F2IN13O13S/c62-61(63)35-46(36-65)77(43-61)55(81)37-69-59(88)48-15-17-66-50-14-13-47(34-49(48)50)90-32-5-19-71-28-30-76(31-29-71)54(80)8-2-1-3-16-68-60(89)51(42-91-33-18-67-52(78)7-4-6-44-9-11-45(64)12-10-44)70-53(79)38-72-20-22-73(39-56(82)83)24-26-75(41-58(86)87)27-25-74(23-21-72)40-57(84)85/h9-15,17,34,46,51H,1-8,16,18-33,35,37-43H2,(H,67,78)(H,68,89)(H,69,88)(H,70,79)(H,82,83)(H,84,85)(H,86,87)/t46-,51?/m1/s1. The zero-order chi connectivity index (χ0) is 65.7. The van der Waals surface area contributed by atoms with Gasteiger partial charge < -0.3 is 51.1 Å². The summed E-state index contributed by atoms with van der Waals surface area (Å²) in [5, 5.41) is 49.8. The molecule has 91 heavy (non-hydrogen) atoms. The van der Waals surface area contributed by atoms with E-state index in [-0.39, 0.29) is 102 Å². The molecule has 7 N–H and O–H groups in total. The zero-order valence-electron chi connectivity index (χ0n) is 51.2. The number of hydrogen-bond acceptors (Lipinski definition) is 18. The average molecular weight is 1400 g/mol. The Hall–Kier alpha value is -6.89. The fraction of sp³-hybridized carbons (Fsp3) is 0.590. The predicted octanol–water partition coefficient (Wildman–Crippen LogP) is 1.75. The lowest BCUT2D eigenvalue weighted by Gasteiger charge is -2.34. The van der Waals surface area contributed by atoms with E-state index in [1.54, 1.807) is 43.9 Å². The third-order valence-corrected chi connectivity index (χ3v) is 17.5. The van der Waals surface area contributed by atoms with Gasteiger partial charge in [0.2, 0.25) is 29.5 Å². The molecule has 3 aliphatic heterocycles. The first-order valence-corrected chi connectivity index (χ1v) is 32.9. The summed E-state index contributed by atoms with van der Waals surface area (Å²) < 4.78 is 35.0. The van der Waals surface area contributed by atoms with Crippen molar-refractivity contribution in [2.45, 2.75) is 75.8 Å². The second kappa shape index (κ2) is 38.2. The molecule has 30 heteroatoms. The largest absolute Gasteiger partial charge is 0.494 e. The van der Waals surface area contributed by atoms with Crippen LogP contribution in [0, 0.1) is 14.9 Å². The molecule has 3 saturated heterocycles. The first-order valence-electron chi connectivity index (χ1n) is 30.7. The summed E-state index contributed by atoms with van der Waals surface area (Å²) >= 11 is 3.63. The van der Waals surface area contributed by atoms with Gasteiger partial charge in [0.15, 0.2) is 0 Å². The van der Waals surface area contributed by atoms with Crippen molar-refractivity contribution in [3.05, 3.63) is 69.4 Å². The number of fused-ring (bicyclic) bond motifs is 1. The normalized spacial score (nSPS) is 17.6. The molecule has 2 aromatic carbocycles. The molecule has 4 heterocycles. The minimum atomic E-state index is -3.18. The Bertz CT molecular complexity index is 2950. The Labute approximate surface area is 546 Å². The number of amides is 6. The first kappa shape index (κ1) is 73.2. The average Bonchev–Trinajstić information content (AvgIpc) is 1.84. The first-order chi connectivity index (χ1) is 43.6. The van der Waals surface area contributed by atoms with E-state index in [1.807, 2.05) is 29.2 Å². The van der Waals surface area contributed by atoms with E-state index in [9.17, 15) is 72.5 Å². The van der Waals surface area contributed by atoms with E-state index in [0.717, 1.165) is 27.0 Å². The molecule has 3 fully saturated rings. The lowest BCUT2D eigenvalue weighted by atomic mass is 10.1. The van der Waals surface area contributed by atoms with Crippen LogP contribution in [0.2, 0.25) is 0 Å². The number of nitrogens with zero attached hydrogens (tertiary/aromatic N) is 9. The number of aryl methyl sites for hydroxylation is 1. The molecule has 0 aliphatic carbocycles. The third kappa shape index (κ3) is 26.7. The van der Waals surface area contributed by atoms with Gasteiger partial charge in [0.05, 0.1) is 63.0 Å². The number of aromatic nitrogens is 1. The van der Waals surface area contributed by atoms with Crippen LogP contribution in [0.15, 0.2) is 54.7 Å². The van der Waals surface area contributed by atoms with Crippen LogP contribution >= 0.6 is 34.4 Å². The Kier molecular flexibility index (Phi) is 30.7. The van der Waals surface area contributed by atoms with Crippen molar-refractivity contribution in [1.29, 1.82) is 5.26 Å². The summed E-state index contributed by atoms with van der Waals surface area (Å²) in [6, 6.07) is 14.2. The van der Waals surface area contributed by atoms with Gasteiger partial charge in [-0.05, 0) is 96.7 Å². The maximum absolute atomic E-state index is 13.9. The Morgan fingerprint density at radius 2 is 1.31 bits per heavy atom. The number of ether oxygens (including phenoxy) is 1. The molecule has 3 aromatic rings. The maximum Gasteiger partial charge on any atom is 0.317 e. The number of unbranched alkanes of at least 4 members (excludes halogenated alkanes) is 2. The minimum Gasteiger partial charge on any atom is -0.494 e. The number of thioether (sulfide) groups is 1. The van der Waals surface area contributed by atoms with Crippen LogP contribution < -0.4 is 26.0 Å². The van der Waals surface area contributed by atoms with Gasteiger partial charge in [-0.3, -0.25) is 72.6 Å². The monoisotopic (exact) mass is 1400 g/mol. The number of nitrogens with one attached hydrogen (secondary N) is 4. The predicted molar refractivity (Wildman–Crippen MR) is 342 cm³/mol. The summed E-state index contributed by atoms with van der Waals surface area (Å²) in [5.74, 6) is -7.58. The van der Waals surface area contributed by atoms with E-state index < -0.39 is 79.1 Å². The fourth-order valence-corrected chi connectivity index (χ4v) is 12.0. The highest BCUT2D eigenvalue weighted by atomic mass is 127. The van der Waals surface area contributed by atoms with Gasteiger partial charge in [0, 0.05) is 144 Å². The van der Waals surface area contributed by atoms with E-state index in [2.05, 4.69) is 53.7 Å². The van der Waals surface area contributed by atoms with Crippen molar-refractivity contribution in [1.82, 2.24) is 60.6 Å². The van der Waals surface area contributed by atoms with Gasteiger partial charge in [-0.2, -0.15) is 17.0 Å². The van der Waals surface area contributed by atoms with Crippen LogP contribution in [-0.4, -0.2) is 282 Å². The van der Waals surface area contributed by atoms with Crippen molar-refractivity contribution < 1.29 is 72.0 Å². The zero-order valence-corrected chi connectivity index (χ0v) is 54.2. The SMILES string of the molecule is N#C[C@H]1CC(F)(F)CN1C(=O)CNC(=O)c1ccnc2ccc(OCCCN3CCN(C(=O)CCCCCNC(=O)C(CSCCNC(=O)CCCc4ccc(I)cc4)NC(=O)CN4CCN(CC(=O)O)CCN(CC(=O)O)CCN(CC(=O)O)CC4)CC3)cc12. The number of rotatable bonds is 33. The van der Waals surface area contributed by atoms with Crippen LogP contribution in [0.5, 0.6) is 5.75 Å². The van der Waals surface area contributed by atoms with Crippen molar-refractivity contribution in [3.63, 3.8) is 0 Å². The van der Waals surface area contributed by atoms with E-state index in [1.165, 1.54) is 24.0 Å². The van der Waals surface area contributed by atoms with Crippen LogP contribution in [0.25, 0.3) is 10.9 Å². The fourth-order valence-electron chi connectivity index (χ4n) is 10.8. The molecule has 498 valence electrons. The molecule has 2 atom stereocenters. The Balaban J connectivity index is 0.920. The molecular weight excluding hydrogens is 1320 g/mol. The number of pyridine rings is 1. The maximum atomic E-state index is 13.9. The van der Waals surface area contributed by atoms with Crippen molar-refractivity contribution in [2.75, 3.05) is 156 Å². The molecule has 0 spiro atoms. The molecule has 3 aliphatic rings. The second-order valence-corrected chi connectivity index (χ2v) is 25.2. The number of carboxylic acid groups (broad SMARTS) is 3. The van der Waals surface area contributed by atoms with Crippen molar-refractivity contribution in [2.24, 2.45) is 0 Å². The van der Waals surface area contributed by atoms with Crippen molar-refractivity contribution >= 4 is 98.6 Å². The Morgan fingerprint density at radius 1 is 0.692 bits per heavy atom. The quantitative estimate of drug-likeness (QED) is 0.0337. The van der Waals surface area contributed by atoms with Crippen LogP contribution in [0.1, 0.15) is 67.3 Å². The number of alkyl halides is 2. The number of nitriles is 1. The van der Waals surface area contributed by atoms with Crippen LogP contribution in [0.3, 0.4) is 0 Å². The topological polar surface area (TPSA) is 331 Å². The highest BCUT2D eigenvalue weighted by Crippen LogP contribution is 2.32. The van der Waals surface area contributed by atoms with Crippen LogP contribution in [-0.2, 0) is 44.8 Å². The number of carbonyl (C=O) groups excluding carboxylic acids is 6. The number of benzene rings is 2. The molecule has 1 aromatic heterocycles. The van der Waals surface area contributed by atoms with E-state index >= 15 is 0 Å². The molecule has 0 radical (unpaired) electrons. The number of likely N-dealkylation sites (tertiary alicyclic amines) is 1. The molecule has 26 nitrogen and oxygen atoms in total. The summed E-state index contributed by atoms with van der Waals surface area (Å²) in [4.78, 5) is 131. The number of hydrogen-bond donors (Lipinski definition) is 7. The van der Waals surface area contributed by atoms with Gasteiger partial charge in [0.25, 0.3) is 11.8 Å². The highest BCUT2D eigenvalue weighted by Gasteiger charge is 2.47. The highest BCUT2D eigenvalue weighted by molar-refractivity contribution is 14.1. The van der Waals surface area contributed by atoms with Gasteiger partial charge in [0.1, 0.15) is 17.8 Å². The van der Waals surface area contributed by atoms with Crippen LogP contribution in [0.4, 0.5) is 8.78 Å². The smallest absolute Gasteiger partial charge is 0.317 e. The number of carboxylic acids is 3. The molecule has 0 bridgehead atoms.